The highest BCUT2D eigenvalue weighted by molar-refractivity contribution is 14.0. The number of rotatable bonds is 7. The molecule has 2 N–H and O–H groups in total. The molecule has 0 aliphatic heterocycles. The van der Waals surface area contributed by atoms with Crippen molar-refractivity contribution >= 4 is 35.6 Å². The minimum absolute atomic E-state index is 0. The summed E-state index contributed by atoms with van der Waals surface area (Å²) in [7, 11) is 3.32. The molecule has 0 amide bonds. The molecule has 3 aromatic rings. The Labute approximate surface area is 187 Å². The van der Waals surface area contributed by atoms with Crippen molar-refractivity contribution in [3.63, 3.8) is 0 Å². The van der Waals surface area contributed by atoms with Crippen LogP contribution in [0.25, 0.3) is 11.5 Å². The van der Waals surface area contributed by atoms with Gasteiger partial charge in [-0.15, -0.1) is 24.0 Å². The zero-order valence-electron chi connectivity index (χ0n) is 16.6. The van der Waals surface area contributed by atoms with Crippen LogP contribution in [-0.2, 0) is 6.54 Å². The Kier molecular flexibility index (Phi) is 8.78. The lowest BCUT2D eigenvalue weighted by molar-refractivity contribution is 0.311. The number of aliphatic imine (C=N–C) groups is 1. The Bertz CT molecular complexity index is 929. The third kappa shape index (κ3) is 6.11. The number of guanidine groups is 1. The first kappa shape index (κ1) is 22.5. The highest BCUT2D eigenvalue weighted by Gasteiger charge is 2.09. The van der Waals surface area contributed by atoms with E-state index in [9.17, 15) is 0 Å². The molecule has 0 radical (unpaired) electrons. The van der Waals surface area contributed by atoms with E-state index in [1.54, 1.807) is 20.4 Å². The van der Waals surface area contributed by atoms with E-state index in [2.05, 4.69) is 20.6 Å². The average molecular weight is 508 g/mol. The minimum atomic E-state index is 0. The number of nitrogens with zero attached hydrogens (tertiary/aromatic N) is 2. The van der Waals surface area contributed by atoms with Crippen molar-refractivity contribution in [1.82, 2.24) is 10.3 Å². The van der Waals surface area contributed by atoms with Gasteiger partial charge in [0.25, 0.3) is 0 Å². The first-order valence-electron chi connectivity index (χ1n) is 9.01. The zero-order chi connectivity index (χ0) is 19.8. The number of nitrogens with one attached hydrogen (secondary N) is 2. The summed E-state index contributed by atoms with van der Waals surface area (Å²) in [6, 6.07) is 15.4. The van der Waals surface area contributed by atoms with E-state index in [0.717, 1.165) is 16.9 Å². The van der Waals surface area contributed by atoms with Crippen LogP contribution < -0.4 is 20.1 Å². The molecule has 3 rings (SSSR count). The lowest BCUT2D eigenvalue weighted by Crippen LogP contribution is -2.30. The van der Waals surface area contributed by atoms with Crippen LogP contribution in [0.5, 0.6) is 11.5 Å². The molecule has 29 heavy (non-hydrogen) atoms. The summed E-state index contributed by atoms with van der Waals surface area (Å²) in [5.74, 6) is 2.56. The molecule has 1 aromatic heterocycles. The molecule has 0 bridgehead atoms. The summed E-state index contributed by atoms with van der Waals surface area (Å²) in [5, 5.41) is 6.45. The molecule has 0 spiro atoms. The van der Waals surface area contributed by atoms with E-state index in [0.29, 0.717) is 36.5 Å². The van der Waals surface area contributed by atoms with Gasteiger partial charge in [0.2, 0.25) is 5.89 Å². The van der Waals surface area contributed by atoms with E-state index in [1.807, 2.05) is 55.5 Å². The average Bonchev–Trinajstić information content (AvgIpc) is 3.22. The molecule has 0 fully saturated rings. The lowest BCUT2D eigenvalue weighted by Gasteiger charge is -2.14. The smallest absolute Gasteiger partial charge is 0.226 e. The van der Waals surface area contributed by atoms with Gasteiger partial charge >= 0.3 is 0 Å². The largest absolute Gasteiger partial charge is 0.493 e. The molecular weight excluding hydrogens is 483 g/mol. The van der Waals surface area contributed by atoms with E-state index in [4.69, 9.17) is 13.9 Å². The van der Waals surface area contributed by atoms with Gasteiger partial charge < -0.3 is 24.5 Å². The Balaban J connectivity index is 0.00000300. The fourth-order valence-corrected chi connectivity index (χ4v) is 2.61. The minimum Gasteiger partial charge on any atom is -0.493 e. The summed E-state index contributed by atoms with van der Waals surface area (Å²) in [4.78, 5) is 8.75. The highest BCUT2D eigenvalue weighted by atomic mass is 127. The Morgan fingerprint density at radius 3 is 2.62 bits per heavy atom. The number of anilines is 1. The van der Waals surface area contributed by atoms with E-state index >= 15 is 0 Å². The topological polar surface area (TPSA) is 80.9 Å². The number of halogens is 1. The van der Waals surface area contributed by atoms with Gasteiger partial charge in [-0.25, -0.2) is 4.98 Å². The van der Waals surface area contributed by atoms with E-state index in [1.165, 1.54) is 0 Å². The van der Waals surface area contributed by atoms with Crippen molar-refractivity contribution in [3.8, 4) is 23.0 Å². The SMILES string of the molecule is CCOc1ccc(NC(=NC)NCc2coc(-c3ccccc3)n2)cc1OC.I. The first-order valence-corrected chi connectivity index (χ1v) is 9.01. The van der Waals surface area contributed by atoms with Crippen LogP contribution in [0.2, 0.25) is 0 Å². The van der Waals surface area contributed by atoms with Gasteiger partial charge in [-0.3, -0.25) is 4.99 Å². The second-order valence-corrected chi connectivity index (χ2v) is 5.86. The van der Waals surface area contributed by atoms with Crippen molar-refractivity contribution in [2.45, 2.75) is 13.5 Å². The molecule has 0 saturated carbocycles. The van der Waals surface area contributed by atoms with Crippen molar-refractivity contribution in [3.05, 3.63) is 60.5 Å². The summed E-state index contributed by atoms with van der Waals surface area (Å²) >= 11 is 0. The molecule has 0 aliphatic carbocycles. The Morgan fingerprint density at radius 1 is 1.14 bits per heavy atom. The molecular formula is C21H25IN4O3. The van der Waals surface area contributed by atoms with Gasteiger partial charge in [-0.2, -0.15) is 0 Å². The van der Waals surface area contributed by atoms with Gasteiger partial charge in [0.1, 0.15) is 6.26 Å². The number of benzene rings is 2. The van der Waals surface area contributed by atoms with E-state index in [-0.39, 0.29) is 24.0 Å². The molecule has 0 atom stereocenters. The monoisotopic (exact) mass is 508 g/mol. The van der Waals surface area contributed by atoms with Crippen molar-refractivity contribution in [2.24, 2.45) is 4.99 Å². The Hall–Kier alpha value is -2.75. The predicted molar refractivity (Wildman–Crippen MR) is 125 cm³/mol. The lowest BCUT2D eigenvalue weighted by atomic mass is 10.2. The van der Waals surface area contributed by atoms with Gasteiger partial charge in [0, 0.05) is 24.4 Å². The second kappa shape index (κ2) is 11.3. The molecule has 1 heterocycles. The van der Waals surface area contributed by atoms with Crippen LogP contribution >= 0.6 is 24.0 Å². The van der Waals surface area contributed by atoms with Crippen molar-refractivity contribution in [1.29, 1.82) is 0 Å². The fourth-order valence-electron chi connectivity index (χ4n) is 2.61. The molecule has 7 nitrogen and oxygen atoms in total. The maximum Gasteiger partial charge on any atom is 0.226 e. The number of hydrogen-bond acceptors (Lipinski definition) is 5. The predicted octanol–water partition coefficient (Wildman–Crippen LogP) is 4.55. The molecule has 154 valence electrons. The number of ether oxygens (including phenoxy) is 2. The Morgan fingerprint density at radius 2 is 1.93 bits per heavy atom. The summed E-state index contributed by atoms with van der Waals surface area (Å²) in [5.41, 5.74) is 2.56. The van der Waals surface area contributed by atoms with Crippen molar-refractivity contribution < 1.29 is 13.9 Å². The van der Waals surface area contributed by atoms with Crippen LogP contribution in [-0.4, -0.2) is 31.7 Å². The second-order valence-electron chi connectivity index (χ2n) is 5.86. The standard InChI is InChI=1S/C21H24N4O3.HI/c1-4-27-18-11-10-16(12-19(18)26-3)25-21(22-2)23-13-17-14-28-20(24-17)15-8-6-5-7-9-15;/h5-12,14H,4,13H2,1-3H3,(H2,22,23,25);1H. The quantitative estimate of drug-likeness (QED) is 0.277. The number of aromatic nitrogens is 1. The highest BCUT2D eigenvalue weighted by Crippen LogP contribution is 2.30. The zero-order valence-corrected chi connectivity index (χ0v) is 19.0. The van der Waals surface area contributed by atoms with Gasteiger partial charge in [0.15, 0.2) is 17.5 Å². The third-order valence-corrected chi connectivity index (χ3v) is 3.96. The number of methoxy groups -OCH3 is 1. The molecule has 0 unspecified atom stereocenters. The molecule has 0 saturated heterocycles. The summed E-state index contributed by atoms with van der Waals surface area (Å²) in [6.07, 6.45) is 1.64. The molecule has 0 aliphatic rings. The van der Waals surface area contributed by atoms with Crippen LogP contribution in [0, 0.1) is 0 Å². The fraction of sp³-hybridized carbons (Fsp3) is 0.238. The van der Waals surface area contributed by atoms with Crippen LogP contribution in [0.1, 0.15) is 12.6 Å². The first-order chi connectivity index (χ1) is 13.7. The van der Waals surface area contributed by atoms with Gasteiger partial charge in [-0.05, 0) is 31.2 Å². The maximum atomic E-state index is 5.56. The summed E-state index contributed by atoms with van der Waals surface area (Å²) in [6.45, 7) is 2.99. The van der Waals surface area contributed by atoms with Gasteiger partial charge in [0.05, 0.1) is 26.0 Å². The van der Waals surface area contributed by atoms with Crippen LogP contribution in [0.15, 0.2) is 64.2 Å². The molecule has 8 heteroatoms. The van der Waals surface area contributed by atoms with Crippen LogP contribution in [0.4, 0.5) is 5.69 Å². The van der Waals surface area contributed by atoms with Crippen LogP contribution in [0.3, 0.4) is 0 Å². The van der Waals surface area contributed by atoms with Crippen molar-refractivity contribution in [2.75, 3.05) is 26.1 Å². The molecule has 2 aromatic carbocycles. The number of oxazole rings is 1. The number of hydrogen-bond donors (Lipinski definition) is 2. The summed E-state index contributed by atoms with van der Waals surface area (Å²) < 4.78 is 16.5. The maximum absolute atomic E-state index is 5.56. The van der Waals surface area contributed by atoms with E-state index < -0.39 is 0 Å². The van der Waals surface area contributed by atoms with Gasteiger partial charge in [-0.1, -0.05) is 18.2 Å². The third-order valence-electron chi connectivity index (χ3n) is 3.96. The normalized spacial score (nSPS) is 10.8.